The second-order valence-corrected chi connectivity index (χ2v) is 8.00. The van der Waals surface area contributed by atoms with Crippen molar-refractivity contribution in [1.29, 1.82) is 0 Å². The van der Waals surface area contributed by atoms with Gasteiger partial charge >= 0.3 is 0 Å². The van der Waals surface area contributed by atoms with Gasteiger partial charge in [-0.25, -0.2) is 0 Å². The molecule has 0 spiro atoms. The van der Waals surface area contributed by atoms with E-state index in [4.69, 9.17) is 0 Å². The van der Waals surface area contributed by atoms with Gasteiger partial charge in [0.05, 0.1) is 5.41 Å². The second kappa shape index (κ2) is 8.57. The van der Waals surface area contributed by atoms with E-state index in [9.17, 15) is 4.79 Å². The Balaban J connectivity index is 0.00000104. The second-order valence-electron chi connectivity index (χ2n) is 8.00. The zero-order valence-corrected chi connectivity index (χ0v) is 16.3. The van der Waals surface area contributed by atoms with Gasteiger partial charge in [0.1, 0.15) is 0 Å². The topological polar surface area (TPSA) is 35.6 Å². The van der Waals surface area contributed by atoms with E-state index in [1.165, 1.54) is 58.0 Å². The van der Waals surface area contributed by atoms with Gasteiger partial charge < -0.3 is 15.1 Å². The van der Waals surface area contributed by atoms with Crippen molar-refractivity contribution in [2.75, 3.05) is 39.3 Å². The fourth-order valence-electron chi connectivity index (χ4n) is 5.52. The van der Waals surface area contributed by atoms with Gasteiger partial charge in [-0.15, -0.1) is 24.8 Å². The van der Waals surface area contributed by atoms with Gasteiger partial charge in [0.25, 0.3) is 0 Å². The van der Waals surface area contributed by atoms with Crippen molar-refractivity contribution in [3.8, 4) is 0 Å². The monoisotopic (exact) mass is 377 g/mol. The number of rotatable bonds is 2. The van der Waals surface area contributed by atoms with Crippen LogP contribution in [0.2, 0.25) is 0 Å². The van der Waals surface area contributed by atoms with E-state index >= 15 is 0 Å². The number of hydrogen-bond donors (Lipinski definition) is 1. The first-order chi connectivity index (χ1) is 10.8. The highest BCUT2D eigenvalue weighted by Gasteiger charge is 2.51. The smallest absolute Gasteiger partial charge is 0.230 e. The van der Waals surface area contributed by atoms with Crippen LogP contribution in [0.5, 0.6) is 0 Å². The summed E-state index contributed by atoms with van der Waals surface area (Å²) < 4.78 is 0. The third-order valence-electron chi connectivity index (χ3n) is 6.87. The number of carbonyl (C=O) groups excluding carboxylic acids is 1. The molecule has 4 fully saturated rings. The van der Waals surface area contributed by atoms with E-state index in [-0.39, 0.29) is 30.2 Å². The molecule has 4 nitrogen and oxygen atoms in total. The molecule has 1 aliphatic carbocycles. The fourth-order valence-corrected chi connectivity index (χ4v) is 5.52. The minimum absolute atomic E-state index is 0. The Morgan fingerprint density at radius 3 is 2.33 bits per heavy atom. The van der Waals surface area contributed by atoms with Crippen LogP contribution in [0.4, 0.5) is 0 Å². The van der Waals surface area contributed by atoms with Gasteiger partial charge in [0.15, 0.2) is 0 Å². The van der Waals surface area contributed by atoms with Gasteiger partial charge in [-0.3, -0.25) is 4.79 Å². The molecule has 24 heavy (non-hydrogen) atoms. The third-order valence-corrected chi connectivity index (χ3v) is 6.87. The first-order valence-electron chi connectivity index (χ1n) is 9.54. The highest BCUT2D eigenvalue weighted by molar-refractivity contribution is 5.85. The maximum atomic E-state index is 13.3. The maximum absolute atomic E-state index is 13.3. The highest BCUT2D eigenvalue weighted by Crippen LogP contribution is 2.45. The van der Waals surface area contributed by atoms with Crippen molar-refractivity contribution in [1.82, 2.24) is 15.1 Å². The number of piperidine rings is 1. The molecular weight excluding hydrogens is 345 g/mol. The molecular formula is C18H33Cl2N3O. The van der Waals surface area contributed by atoms with Crippen LogP contribution in [0.3, 0.4) is 0 Å². The summed E-state index contributed by atoms with van der Waals surface area (Å²) in [5.41, 5.74) is -0.0429. The average molecular weight is 378 g/mol. The van der Waals surface area contributed by atoms with E-state index in [0.717, 1.165) is 38.6 Å². The Morgan fingerprint density at radius 1 is 0.917 bits per heavy atom. The molecule has 0 aromatic heterocycles. The van der Waals surface area contributed by atoms with Crippen molar-refractivity contribution >= 4 is 30.7 Å². The summed E-state index contributed by atoms with van der Waals surface area (Å²) in [5, 5.41) is 3.52. The molecule has 0 unspecified atom stereocenters. The van der Waals surface area contributed by atoms with Crippen LogP contribution >= 0.6 is 24.8 Å². The SMILES string of the molecule is Cl.Cl.O=C(N1CCC(N2CCCC2)CC1)[C@@]12CCCC[C@H]1CNC2. The molecule has 2 atom stereocenters. The van der Waals surface area contributed by atoms with Gasteiger partial charge in [-0.2, -0.15) is 0 Å². The first kappa shape index (κ1) is 20.3. The van der Waals surface area contributed by atoms with Crippen molar-refractivity contribution in [3.63, 3.8) is 0 Å². The van der Waals surface area contributed by atoms with Crippen LogP contribution in [-0.4, -0.2) is 61.0 Å². The van der Waals surface area contributed by atoms with Crippen molar-refractivity contribution < 1.29 is 4.79 Å². The Bertz CT molecular complexity index is 422. The Morgan fingerprint density at radius 2 is 1.62 bits per heavy atom. The number of amides is 1. The van der Waals surface area contributed by atoms with Gasteiger partial charge in [-0.05, 0) is 64.1 Å². The molecule has 0 bridgehead atoms. The van der Waals surface area contributed by atoms with Crippen LogP contribution in [0.15, 0.2) is 0 Å². The number of likely N-dealkylation sites (tertiary alicyclic amines) is 2. The number of carbonyl (C=O) groups is 1. The molecule has 1 amide bonds. The number of nitrogens with one attached hydrogen (secondary N) is 1. The Hall–Kier alpha value is -0.0300. The molecule has 0 aromatic rings. The molecule has 1 saturated carbocycles. The van der Waals surface area contributed by atoms with E-state index < -0.39 is 0 Å². The Labute approximate surface area is 158 Å². The highest BCUT2D eigenvalue weighted by atomic mass is 35.5. The lowest BCUT2D eigenvalue weighted by Gasteiger charge is -2.44. The van der Waals surface area contributed by atoms with E-state index in [1.807, 2.05) is 0 Å². The van der Waals surface area contributed by atoms with E-state index in [2.05, 4.69) is 15.1 Å². The predicted octanol–water partition coefficient (Wildman–Crippen LogP) is 2.70. The van der Waals surface area contributed by atoms with Gasteiger partial charge in [0, 0.05) is 25.7 Å². The largest absolute Gasteiger partial charge is 0.342 e. The van der Waals surface area contributed by atoms with Crippen LogP contribution in [0.25, 0.3) is 0 Å². The van der Waals surface area contributed by atoms with Crippen LogP contribution < -0.4 is 5.32 Å². The number of fused-ring (bicyclic) bond motifs is 1. The molecule has 3 aliphatic heterocycles. The quantitative estimate of drug-likeness (QED) is 0.803. The summed E-state index contributed by atoms with van der Waals surface area (Å²) in [6, 6.07) is 0.743. The maximum Gasteiger partial charge on any atom is 0.230 e. The van der Waals surface area contributed by atoms with Crippen LogP contribution in [0, 0.1) is 11.3 Å². The minimum atomic E-state index is -0.0429. The molecule has 3 saturated heterocycles. The first-order valence-corrected chi connectivity index (χ1v) is 9.54. The third kappa shape index (κ3) is 3.58. The van der Waals surface area contributed by atoms with Crippen LogP contribution in [0.1, 0.15) is 51.4 Å². The zero-order chi connectivity index (χ0) is 15.0. The summed E-state index contributed by atoms with van der Waals surface area (Å²) in [6.07, 6.45) is 10.1. The number of hydrogen-bond acceptors (Lipinski definition) is 3. The fraction of sp³-hybridized carbons (Fsp3) is 0.944. The zero-order valence-electron chi connectivity index (χ0n) is 14.7. The standard InChI is InChI=1S/C18H31N3O.2ClH/c22-17(18-8-2-1-5-15(18)13-19-14-18)21-11-6-16(7-12-21)20-9-3-4-10-20;;/h15-16,19H,1-14H2;2*1H/t15-,18+;;/m0../s1. The lowest BCUT2D eigenvalue weighted by molar-refractivity contribution is -0.147. The molecule has 140 valence electrons. The molecule has 1 N–H and O–H groups in total. The number of nitrogens with zero attached hydrogens (tertiary/aromatic N) is 2. The Kier molecular flexibility index (Phi) is 7.24. The van der Waals surface area contributed by atoms with Crippen molar-refractivity contribution in [3.05, 3.63) is 0 Å². The van der Waals surface area contributed by atoms with Crippen LogP contribution in [-0.2, 0) is 4.79 Å². The van der Waals surface area contributed by atoms with Crippen molar-refractivity contribution in [2.45, 2.75) is 57.4 Å². The molecule has 4 rings (SSSR count). The lowest BCUT2D eigenvalue weighted by atomic mass is 9.67. The predicted molar refractivity (Wildman–Crippen MR) is 102 cm³/mol. The molecule has 6 heteroatoms. The lowest BCUT2D eigenvalue weighted by Crippen LogP contribution is -2.53. The van der Waals surface area contributed by atoms with Gasteiger partial charge in [-0.1, -0.05) is 12.8 Å². The summed E-state index contributed by atoms with van der Waals surface area (Å²) in [4.78, 5) is 18.1. The van der Waals surface area contributed by atoms with E-state index in [1.54, 1.807) is 0 Å². The molecule has 0 radical (unpaired) electrons. The van der Waals surface area contributed by atoms with E-state index in [0.29, 0.717) is 11.8 Å². The summed E-state index contributed by atoms with van der Waals surface area (Å²) in [6.45, 7) is 6.56. The van der Waals surface area contributed by atoms with Gasteiger partial charge in [0.2, 0.25) is 5.91 Å². The van der Waals surface area contributed by atoms with Crippen molar-refractivity contribution in [2.24, 2.45) is 11.3 Å². The minimum Gasteiger partial charge on any atom is -0.342 e. The summed E-state index contributed by atoms with van der Waals surface area (Å²) in [7, 11) is 0. The number of halogens is 2. The summed E-state index contributed by atoms with van der Waals surface area (Å²) in [5.74, 6) is 1.09. The normalized spacial score (nSPS) is 34.3. The molecule has 3 heterocycles. The average Bonchev–Trinajstić information content (AvgIpc) is 3.24. The molecule has 4 aliphatic rings. The molecule has 0 aromatic carbocycles. The summed E-state index contributed by atoms with van der Waals surface area (Å²) >= 11 is 0.